The summed E-state index contributed by atoms with van der Waals surface area (Å²) in [6.07, 6.45) is 1.59. The van der Waals surface area contributed by atoms with Gasteiger partial charge in [-0.25, -0.2) is 4.79 Å². The molecule has 1 heterocycles. The first kappa shape index (κ1) is 23.2. The lowest BCUT2D eigenvalue weighted by Gasteiger charge is -2.38. The van der Waals surface area contributed by atoms with Crippen LogP contribution in [0.5, 0.6) is 5.75 Å². The summed E-state index contributed by atoms with van der Waals surface area (Å²) in [5.41, 5.74) is 8.05. The normalized spacial score (nSPS) is 16.5. The summed E-state index contributed by atoms with van der Waals surface area (Å²) in [6, 6.07) is 22.1. The summed E-state index contributed by atoms with van der Waals surface area (Å²) in [6.45, 7) is 8.70. The number of anilines is 1. The molecule has 0 bridgehead atoms. The van der Waals surface area contributed by atoms with E-state index in [9.17, 15) is 15.0 Å². The predicted molar refractivity (Wildman–Crippen MR) is 141 cm³/mol. The van der Waals surface area contributed by atoms with Gasteiger partial charge >= 0.3 is 5.97 Å². The Balaban J connectivity index is 1.54. The van der Waals surface area contributed by atoms with Crippen LogP contribution in [0.25, 0.3) is 11.1 Å². The van der Waals surface area contributed by atoms with Crippen LogP contribution in [-0.2, 0) is 6.42 Å². The molecular formula is C30H32N2O3. The zero-order valence-electron chi connectivity index (χ0n) is 20.4. The van der Waals surface area contributed by atoms with Crippen molar-refractivity contribution in [3.8, 4) is 5.75 Å². The lowest BCUT2D eigenvalue weighted by Crippen LogP contribution is -2.48. The summed E-state index contributed by atoms with van der Waals surface area (Å²) in [5, 5.41) is 19.6. The van der Waals surface area contributed by atoms with Gasteiger partial charge in [-0.2, -0.15) is 0 Å². The summed E-state index contributed by atoms with van der Waals surface area (Å²) in [7, 11) is 0. The molecule has 1 saturated heterocycles. The van der Waals surface area contributed by atoms with Crippen LogP contribution in [0.15, 0.2) is 66.7 Å². The third-order valence-corrected chi connectivity index (χ3v) is 7.33. The monoisotopic (exact) mass is 468 g/mol. The van der Waals surface area contributed by atoms with Crippen LogP contribution in [0.3, 0.4) is 0 Å². The van der Waals surface area contributed by atoms with Crippen molar-refractivity contribution in [1.29, 1.82) is 0 Å². The Hall–Kier alpha value is -3.57. The Morgan fingerprint density at radius 1 is 0.857 bits per heavy atom. The average molecular weight is 469 g/mol. The molecule has 5 nitrogen and oxygen atoms in total. The number of nitrogens with zero attached hydrogens (tertiary/aromatic N) is 2. The first-order valence-electron chi connectivity index (χ1n) is 12.4. The third-order valence-electron chi connectivity index (χ3n) is 7.33. The van der Waals surface area contributed by atoms with Crippen LogP contribution < -0.4 is 4.90 Å². The molecule has 2 aliphatic rings. The molecule has 5 heteroatoms. The Morgan fingerprint density at radius 2 is 1.60 bits per heavy atom. The van der Waals surface area contributed by atoms with Crippen molar-refractivity contribution >= 4 is 22.8 Å². The molecule has 0 atom stereocenters. The number of piperazine rings is 1. The van der Waals surface area contributed by atoms with E-state index in [0.29, 0.717) is 11.6 Å². The number of aromatic hydroxyl groups is 1. The van der Waals surface area contributed by atoms with Gasteiger partial charge in [0.2, 0.25) is 0 Å². The third kappa shape index (κ3) is 4.69. The highest BCUT2D eigenvalue weighted by Gasteiger charge is 2.23. The zero-order valence-corrected chi connectivity index (χ0v) is 20.4. The van der Waals surface area contributed by atoms with E-state index in [0.717, 1.165) is 72.4 Å². The molecule has 5 rings (SSSR count). The van der Waals surface area contributed by atoms with Crippen molar-refractivity contribution in [2.45, 2.75) is 32.7 Å². The average Bonchev–Trinajstić information content (AvgIpc) is 2.88. The number of rotatable bonds is 5. The molecule has 0 radical (unpaired) electrons. The molecule has 180 valence electrons. The second-order valence-electron chi connectivity index (χ2n) is 9.74. The number of phenolic OH excluding ortho intramolecular Hbond substituents is 1. The van der Waals surface area contributed by atoms with Gasteiger partial charge in [-0.15, -0.1) is 0 Å². The molecule has 0 spiro atoms. The minimum absolute atomic E-state index is 0.273. The lowest BCUT2D eigenvalue weighted by atomic mass is 9.79. The van der Waals surface area contributed by atoms with Gasteiger partial charge in [-0.05, 0) is 96.5 Å². The Morgan fingerprint density at radius 3 is 2.29 bits per heavy atom. The number of benzene rings is 3. The maximum absolute atomic E-state index is 11.6. The maximum atomic E-state index is 11.6. The van der Waals surface area contributed by atoms with Gasteiger partial charge in [0.1, 0.15) is 5.75 Å². The van der Waals surface area contributed by atoms with Gasteiger partial charge in [0.05, 0.1) is 5.56 Å². The van der Waals surface area contributed by atoms with Crippen molar-refractivity contribution in [2.75, 3.05) is 31.1 Å². The number of allylic oxidation sites excluding steroid dienone is 1. The number of aromatic carboxylic acids is 1. The second-order valence-corrected chi connectivity index (χ2v) is 9.74. The minimum Gasteiger partial charge on any atom is -0.508 e. The number of fused-ring (bicyclic) bond motifs is 1. The summed E-state index contributed by atoms with van der Waals surface area (Å²) in [4.78, 5) is 16.6. The van der Waals surface area contributed by atoms with Gasteiger partial charge in [-0.1, -0.05) is 30.3 Å². The van der Waals surface area contributed by atoms with Crippen LogP contribution in [0, 0.1) is 0 Å². The molecule has 0 aromatic heterocycles. The number of aryl methyl sites for hydroxylation is 1. The fourth-order valence-electron chi connectivity index (χ4n) is 5.37. The number of carbonyl (C=O) groups is 1. The summed E-state index contributed by atoms with van der Waals surface area (Å²) in [5.74, 6) is -0.646. The fraction of sp³-hybridized carbons (Fsp3) is 0.300. The van der Waals surface area contributed by atoms with Crippen LogP contribution in [-0.4, -0.2) is 53.3 Å². The minimum atomic E-state index is -0.919. The standard InChI is InChI=1S/C30H32N2O3/c1-20(2)31-14-16-32(17-15-31)25-9-6-21(7-10-25)29-27(22-4-3-5-24(18-22)30(34)35)12-8-23-19-26(33)11-13-28(23)29/h3-7,9-11,13,18-20,33H,8,12,14-17H2,1-2H3,(H,34,35). The van der Waals surface area contributed by atoms with Gasteiger partial charge in [0, 0.05) is 37.9 Å². The van der Waals surface area contributed by atoms with Gasteiger partial charge < -0.3 is 15.1 Å². The van der Waals surface area contributed by atoms with E-state index in [-0.39, 0.29) is 5.75 Å². The predicted octanol–water partition coefficient (Wildman–Crippen LogP) is 5.53. The van der Waals surface area contributed by atoms with Crippen molar-refractivity contribution < 1.29 is 15.0 Å². The first-order valence-corrected chi connectivity index (χ1v) is 12.4. The molecule has 1 aliphatic heterocycles. The van der Waals surface area contributed by atoms with E-state index in [4.69, 9.17) is 0 Å². The molecule has 0 unspecified atom stereocenters. The van der Waals surface area contributed by atoms with Crippen LogP contribution in [0.1, 0.15) is 52.9 Å². The number of carboxylic acids is 1. The Bertz CT molecular complexity index is 1270. The lowest BCUT2D eigenvalue weighted by molar-refractivity contribution is 0.0697. The van der Waals surface area contributed by atoms with Crippen LogP contribution >= 0.6 is 0 Å². The fourth-order valence-corrected chi connectivity index (χ4v) is 5.37. The molecule has 0 saturated carbocycles. The second kappa shape index (κ2) is 9.59. The first-order chi connectivity index (χ1) is 16.9. The number of hydrogen-bond donors (Lipinski definition) is 2. The molecule has 35 heavy (non-hydrogen) atoms. The van der Waals surface area contributed by atoms with E-state index in [2.05, 4.69) is 47.9 Å². The number of phenols is 1. The quantitative estimate of drug-likeness (QED) is 0.516. The molecule has 3 aromatic carbocycles. The van der Waals surface area contributed by atoms with Gasteiger partial charge in [-0.3, -0.25) is 4.90 Å². The topological polar surface area (TPSA) is 64.0 Å². The van der Waals surface area contributed by atoms with Gasteiger partial charge in [0.15, 0.2) is 0 Å². The molecule has 3 aromatic rings. The smallest absolute Gasteiger partial charge is 0.335 e. The van der Waals surface area contributed by atoms with Crippen molar-refractivity contribution in [1.82, 2.24) is 4.90 Å². The molecular weight excluding hydrogens is 436 g/mol. The number of carboxylic acid groups (broad SMARTS) is 1. The summed E-state index contributed by atoms with van der Waals surface area (Å²) >= 11 is 0. The molecule has 1 aliphatic carbocycles. The highest BCUT2D eigenvalue weighted by molar-refractivity contribution is 6.02. The van der Waals surface area contributed by atoms with E-state index >= 15 is 0 Å². The highest BCUT2D eigenvalue weighted by Crippen LogP contribution is 2.42. The van der Waals surface area contributed by atoms with Crippen molar-refractivity contribution in [3.05, 3.63) is 94.5 Å². The van der Waals surface area contributed by atoms with E-state index in [1.807, 2.05) is 24.3 Å². The van der Waals surface area contributed by atoms with Crippen LogP contribution in [0.2, 0.25) is 0 Å². The Kier molecular flexibility index (Phi) is 6.35. The van der Waals surface area contributed by atoms with Crippen molar-refractivity contribution in [2.24, 2.45) is 0 Å². The largest absolute Gasteiger partial charge is 0.508 e. The van der Waals surface area contributed by atoms with Crippen LogP contribution in [0.4, 0.5) is 5.69 Å². The molecule has 1 fully saturated rings. The van der Waals surface area contributed by atoms with Crippen molar-refractivity contribution in [3.63, 3.8) is 0 Å². The van der Waals surface area contributed by atoms with Gasteiger partial charge in [0.25, 0.3) is 0 Å². The summed E-state index contributed by atoms with van der Waals surface area (Å²) < 4.78 is 0. The highest BCUT2D eigenvalue weighted by atomic mass is 16.4. The maximum Gasteiger partial charge on any atom is 0.335 e. The number of hydrogen-bond acceptors (Lipinski definition) is 4. The molecule has 2 N–H and O–H groups in total. The van der Waals surface area contributed by atoms with E-state index in [1.165, 1.54) is 5.69 Å². The zero-order chi connectivity index (χ0) is 24.5. The SMILES string of the molecule is CC(C)N1CCN(c2ccc(C3=C(c4cccc(C(=O)O)c4)CCc4cc(O)ccc43)cc2)CC1. The molecule has 0 amide bonds. The Labute approximate surface area is 206 Å². The van der Waals surface area contributed by atoms with E-state index in [1.54, 1.807) is 18.2 Å². The van der Waals surface area contributed by atoms with E-state index < -0.39 is 5.97 Å².